The Balaban J connectivity index is 2.04. The van der Waals surface area contributed by atoms with Gasteiger partial charge in [0.15, 0.2) is 0 Å². The summed E-state index contributed by atoms with van der Waals surface area (Å²) in [7, 11) is 0. The number of nitrogens with one attached hydrogen (secondary N) is 1. The first-order valence-electron chi connectivity index (χ1n) is 5.08. The van der Waals surface area contributed by atoms with Crippen LogP contribution in [-0.2, 0) is 6.42 Å². The highest BCUT2D eigenvalue weighted by Crippen LogP contribution is 2.18. The van der Waals surface area contributed by atoms with Crippen molar-refractivity contribution in [3.63, 3.8) is 0 Å². The Morgan fingerprint density at radius 2 is 1.94 bits per heavy atom. The summed E-state index contributed by atoms with van der Waals surface area (Å²) in [6.07, 6.45) is 7.87. The van der Waals surface area contributed by atoms with Crippen molar-refractivity contribution in [2.24, 2.45) is 0 Å². The van der Waals surface area contributed by atoms with Crippen LogP contribution >= 0.6 is 0 Å². The van der Waals surface area contributed by atoms with Crippen LogP contribution < -0.4 is 0 Å². The lowest BCUT2D eigenvalue weighted by Gasteiger charge is -2.01. The van der Waals surface area contributed by atoms with E-state index < -0.39 is 0 Å². The van der Waals surface area contributed by atoms with Crippen LogP contribution in [0.2, 0.25) is 0 Å². The molecule has 0 saturated carbocycles. The van der Waals surface area contributed by atoms with Crippen LogP contribution in [0.5, 0.6) is 0 Å². The Bertz CT molecular complexity index is 600. The van der Waals surface area contributed by atoms with Gasteiger partial charge in [-0.2, -0.15) is 5.10 Å². The van der Waals surface area contributed by atoms with Crippen molar-refractivity contribution in [3.05, 3.63) is 54.2 Å². The molecule has 0 bridgehead atoms. The standard InChI is InChI=1S/C12H10N4/c1-2-10(4-9-5-13-8-14-6-9)12-11(3-1)7-15-16-12/h1-3,5-8H,4H2,(H,15,16). The lowest BCUT2D eigenvalue weighted by atomic mass is 10.1. The van der Waals surface area contributed by atoms with Crippen molar-refractivity contribution in [1.82, 2.24) is 20.2 Å². The van der Waals surface area contributed by atoms with E-state index in [1.165, 1.54) is 5.56 Å². The van der Waals surface area contributed by atoms with E-state index in [2.05, 4.69) is 26.2 Å². The lowest BCUT2D eigenvalue weighted by molar-refractivity contribution is 1.06. The summed E-state index contributed by atoms with van der Waals surface area (Å²) in [6, 6.07) is 6.17. The Morgan fingerprint density at radius 3 is 2.81 bits per heavy atom. The first kappa shape index (κ1) is 9.03. The molecule has 0 aliphatic carbocycles. The van der Waals surface area contributed by atoms with E-state index in [0.29, 0.717) is 0 Å². The van der Waals surface area contributed by atoms with Crippen molar-refractivity contribution in [2.75, 3.05) is 0 Å². The van der Waals surface area contributed by atoms with E-state index in [1.807, 2.05) is 30.7 Å². The molecule has 1 aromatic carbocycles. The number of benzene rings is 1. The molecule has 4 heteroatoms. The van der Waals surface area contributed by atoms with E-state index in [4.69, 9.17) is 0 Å². The van der Waals surface area contributed by atoms with Gasteiger partial charge in [0.2, 0.25) is 0 Å². The molecule has 78 valence electrons. The van der Waals surface area contributed by atoms with Crippen molar-refractivity contribution in [2.45, 2.75) is 6.42 Å². The molecule has 0 radical (unpaired) electrons. The summed E-state index contributed by atoms with van der Waals surface area (Å²) in [4.78, 5) is 8.02. The Hall–Kier alpha value is -2.23. The molecule has 0 spiro atoms. The quantitative estimate of drug-likeness (QED) is 0.703. The fourth-order valence-corrected chi connectivity index (χ4v) is 1.82. The summed E-state index contributed by atoms with van der Waals surface area (Å²) in [5.41, 5.74) is 3.40. The molecule has 16 heavy (non-hydrogen) atoms. The molecule has 0 atom stereocenters. The van der Waals surface area contributed by atoms with Gasteiger partial charge in [-0.15, -0.1) is 0 Å². The number of fused-ring (bicyclic) bond motifs is 1. The van der Waals surface area contributed by atoms with Crippen LogP contribution in [0.1, 0.15) is 11.1 Å². The van der Waals surface area contributed by atoms with Gasteiger partial charge in [-0.25, -0.2) is 9.97 Å². The number of hydrogen-bond acceptors (Lipinski definition) is 3. The van der Waals surface area contributed by atoms with Gasteiger partial charge in [-0.05, 0) is 11.1 Å². The van der Waals surface area contributed by atoms with E-state index in [0.717, 1.165) is 22.9 Å². The van der Waals surface area contributed by atoms with Gasteiger partial charge in [-0.1, -0.05) is 18.2 Å². The van der Waals surface area contributed by atoms with Crippen molar-refractivity contribution < 1.29 is 0 Å². The zero-order chi connectivity index (χ0) is 10.8. The fourth-order valence-electron chi connectivity index (χ4n) is 1.82. The summed E-state index contributed by atoms with van der Waals surface area (Å²) < 4.78 is 0. The normalized spacial score (nSPS) is 10.8. The molecular weight excluding hydrogens is 200 g/mol. The number of aromatic nitrogens is 4. The molecule has 0 amide bonds. The number of rotatable bonds is 2. The third kappa shape index (κ3) is 1.54. The van der Waals surface area contributed by atoms with Crippen LogP contribution in [0.4, 0.5) is 0 Å². The summed E-state index contributed by atoms with van der Waals surface area (Å²) >= 11 is 0. The van der Waals surface area contributed by atoms with E-state index in [1.54, 1.807) is 6.33 Å². The molecule has 0 aliphatic heterocycles. The molecule has 2 heterocycles. The molecule has 3 rings (SSSR count). The monoisotopic (exact) mass is 210 g/mol. The predicted octanol–water partition coefficient (Wildman–Crippen LogP) is 1.94. The summed E-state index contributed by atoms with van der Waals surface area (Å²) in [6.45, 7) is 0. The van der Waals surface area contributed by atoms with Crippen molar-refractivity contribution in [1.29, 1.82) is 0 Å². The second kappa shape index (κ2) is 3.73. The van der Waals surface area contributed by atoms with Crippen LogP contribution in [0.3, 0.4) is 0 Å². The largest absolute Gasteiger partial charge is 0.278 e. The number of nitrogens with zero attached hydrogens (tertiary/aromatic N) is 3. The molecule has 0 fully saturated rings. The molecule has 3 aromatic rings. The van der Waals surface area contributed by atoms with E-state index in [9.17, 15) is 0 Å². The topological polar surface area (TPSA) is 54.5 Å². The third-order valence-electron chi connectivity index (χ3n) is 2.57. The third-order valence-corrected chi connectivity index (χ3v) is 2.57. The maximum Gasteiger partial charge on any atom is 0.115 e. The number of H-pyrrole nitrogens is 1. The average Bonchev–Trinajstić information content (AvgIpc) is 2.80. The van der Waals surface area contributed by atoms with Gasteiger partial charge in [0.1, 0.15) is 6.33 Å². The Morgan fingerprint density at radius 1 is 1.06 bits per heavy atom. The number of para-hydroxylation sites is 1. The molecule has 0 aliphatic rings. The fraction of sp³-hybridized carbons (Fsp3) is 0.0833. The van der Waals surface area contributed by atoms with Gasteiger partial charge >= 0.3 is 0 Å². The van der Waals surface area contributed by atoms with Crippen LogP contribution in [-0.4, -0.2) is 20.2 Å². The first-order valence-corrected chi connectivity index (χ1v) is 5.08. The van der Waals surface area contributed by atoms with Crippen LogP contribution in [0.25, 0.3) is 10.9 Å². The lowest BCUT2D eigenvalue weighted by Crippen LogP contribution is -1.91. The maximum absolute atomic E-state index is 4.05. The van der Waals surface area contributed by atoms with Gasteiger partial charge in [0.25, 0.3) is 0 Å². The zero-order valence-corrected chi connectivity index (χ0v) is 8.59. The highest BCUT2D eigenvalue weighted by molar-refractivity contribution is 5.81. The van der Waals surface area contributed by atoms with E-state index in [-0.39, 0.29) is 0 Å². The highest BCUT2D eigenvalue weighted by atomic mass is 15.1. The Labute approximate surface area is 92.4 Å². The second-order valence-corrected chi connectivity index (χ2v) is 3.67. The number of hydrogen-bond donors (Lipinski definition) is 1. The van der Waals surface area contributed by atoms with Crippen molar-refractivity contribution >= 4 is 10.9 Å². The summed E-state index contributed by atoms with van der Waals surface area (Å²) in [5, 5.41) is 8.20. The Kier molecular flexibility index (Phi) is 2.11. The van der Waals surface area contributed by atoms with Crippen LogP contribution in [0, 0.1) is 0 Å². The molecule has 2 aromatic heterocycles. The molecule has 0 saturated heterocycles. The minimum Gasteiger partial charge on any atom is -0.278 e. The number of aromatic amines is 1. The first-order chi connectivity index (χ1) is 7.93. The smallest absolute Gasteiger partial charge is 0.115 e. The van der Waals surface area contributed by atoms with E-state index >= 15 is 0 Å². The SMILES string of the molecule is c1cc(Cc2cncnc2)c2[nH]ncc2c1. The molecule has 1 N–H and O–H groups in total. The minimum absolute atomic E-state index is 0.820. The van der Waals surface area contributed by atoms with Gasteiger partial charge in [0, 0.05) is 24.2 Å². The molecule has 0 unspecified atom stereocenters. The maximum atomic E-state index is 4.05. The predicted molar refractivity (Wildman–Crippen MR) is 60.9 cm³/mol. The molecule has 4 nitrogen and oxygen atoms in total. The van der Waals surface area contributed by atoms with Gasteiger partial charge < -0.3 is 0 Å². The van der Waals surface area contributed by atoms with Gasteiger partial charge in [-0.3, -0.25) is 5.10 Å². The average molecular weight is 210 g/mol. The molecular formula is C12H10N4. The minimum atomic E-state index is 0.820. The van der Waals surface area contributed by atoms with Gasteiger partial charge in [0.05, 0.1) is 11.7 Å². The second-order valence-electron chi connectivity index (χ2n) is 3.67. The summed E-state index contributed by atoms with van der Waals surface area (Å²) in [5.74, 6) is 0. The van der Waals surface area contributed by atoms with Crippen molar-refractivity contribution in [3.8, 4) is 0 Å². The zero-order valence-electron chi connectivity index (χ0n) is 8.59. The highest BCUT2D eigenvalue weighted by Gasteiger charge is 2.03. The van der Waals surface area contributed by atoms with Crippen LogP contribution in [0.15, 0.2) is 43.1 Å².